The molecular formula is C19H20F2N2O4. The van der Waals surface area contributed by atoms with Crippen molar-refractivity contribution in [2.45, 2.75) is 19.6 Å². The van der Waals surface area contributed by atoms with Crippen LogP contribution in [0.1, 0.15) is 24.1 Å². The van der Waals surface area contributed by atoms with E-state index in [2.05, 4.69) is 15.2 Å². The van der Waals surface area contributed by atoms with E-state index >= 15 is 0 Å². The summed E-state index contributed by atoms with van der Waals surface area (Å²) in [5.74, 6) is -0.268. The van der Waals surface area contributed by atoms with Crippen LogP contribution in [0.3, 0.4) is 0 Å². The number of methoxy groups -OCH3 is 1. The number of nitrogens with one attached hydrogen (secondary N) is 1. The lowest BCUT2D eigenvalue weighted by Gasteiger charge is -2.13. The van der Waals surface area contributed by atoms with Crippen LogP contribution in [0, 0.1) is 0 Å². The quantitative estimate of drug-likeness (QED) is 0.535. The van der Waals surface area contributed by atoms with E-state index in [1.165, 1.54) is 31.5 Å². The van der Waals surface area contributed by atoms with Crippen molar-refractivity contribution in [1.29, 1.82) is 0 Å². The van der Waals surface area contributed by atoms with Gasteiger partial charge in [-0.2, -0.15) is 8.78 Å². The molecule has 1 amide bonds. The van der Waals surface area contributed by atoms with Crippen LogP contribution in [0.15, 0.2) is 53.7 Å². The van der Waals surface area contributed by atoms with Crippen molar-refractivity contribution >= 4 is 12.1 Å². The van der Waals surface area contributed by atoms with Crippen molar-refractivity contribution in [2.24, 2.45) is 5.16 Å². The van der Waals surface area contributed by atoms with Crippen LogP contribution in [0.25, 0.3) is 0 Å². The lowest BCUT2D eigenvalue weighted by molar-refractivity contribution is -0.126. The number of nitrogens with zero attached hydrogens (tertiary/aromatic N) is 1. The Labute approximate surface area is 155 Å². The van der Waals surface area contributed by atoms with Crippen molar-refractivity contribution < 1.29 is 27.9 Å². The molecule has 0 heterocycles. The molecule has 6 nitrogen and oxygen atoms in total. The Morgan fingerprint density at radius 3 is 2.59 bits per heavy atom. The summed E-state index contributed by atoms with van der Waals surface area (Å²) < 4.78 is 33.9. The van der Waals surface area contributed by atoms with Crippen molar-refractivity contribution in [1.82, 2.24) is 5.32 Å². The molecule has 1 atom stereocenters. The standard InChI is InChI=1S/C19H20F2N2O4/c1-13(15-6-4-3-5-7-15)23-18(24)12-26-22-11-14-8-9-16(27-19(20)21)17(10-14)25-2/h3-11,13,19H,12H2,1-2H3,(H,23,24)/b22-11+. The van der Waals surface area contributed by atoms with E-state index in [9.17, 15) is 13.6 Å². The second-order valence-corrected chi connectivity index (χ2v) is 5.50. The SMILES string of the molecule is COc1cc(/C=N/OCC(=O)NC(C)c2ccccc2)ccc1OC(F)F. The molecule has 1 N–H and O–H groups in total. The summed E-state index contributed by atoms with van der Waals surface area (Å²) in [5, 5.41) is 6.49. The summed E-state index contributed by atoms with van der Waals surface area (Å²) >= 11 is 0. The number of amides is 1. The number of carbonyl (C=O) groups is 1. The minimum atomic E-state index is -2.95. The molecule has 0 radical (unpaired) electrons. The monoisotopic (exact) mass is 378 g/mol. The van der Waals surface area contributed by atoms with Gasteiger partial charge in [-0.15, -0.1) is 0 Å². The Kier molecular flexibility index (Phi) is 7.54. The maximum Gasteiger partial charge on any atom is 0.387 e. The predicted molar refractivity (Wildman–Crippen MR) is 96.2 cm³/mol. The van der Waals surface area contributed by atoms with E-state index in [1.807, 2.05) is 37.3 Å². The van der Waals surface area contributed by atoms with E-state index in [0.29, 0.717) is 5.56 Å². The maximum absolute atomic E-state index is 12.3. The first-order valence-corrected chi connectivity index (χ1v) is 8.12. The molecule has 0 saturated carbocycles. The van der Waals surface area contributed by atoms with E-state index in [1.54, 1.807) is 0 Å². The fraction of sp³-hybridized carbons (Fsp3) is 0.263. The molecule has 1 unspecified atom stereocenters. The van der Waals surface area contributed by atoms with E-state index in [4.69, 9.17) is 9.57 Å². The minimum absolute atomic E-state index is 0.0835. The van der Waals surface area contributed by atoms with Crippen LogP contribution in [0.4, 0.5) is 8.78 Å². The van der Waals surface area contributed by atoms with Crippen molar-refractivity contribution in [3.63, 3.8) is 0 Å². The molecule has 2 rings (SSSR count). The van der Waals surface area contributed by atoms with Crippen LogP contribution >= 0.6 is 0 Å². The van der Waals surface area contributed by atoms with Gasteiger partial charge in [-0.3, -0.25) is 4.79 Å². The summed E-state index contributed by atoms with van der Waals surface area (Å²) in [6.45, 7) is -1.33. The molecule has 0 aromatic heterocycles. The summed E-state index contributed by atoms with van der Waals surface area (Å²) in [6.07, 6.45) is 1.34. The van der Waals surface area contributed by atoms with Crippen molar-refractivity contribution in [2.75, 3.05) is 13.7 Å². The van der Waals surface area contributed by atoms with E-state index in [-0.39, 0.29) is 30.1 Å². The van der Waals surface area contributed by atoms with Crippen molar-refractivity contribution in [3.8, 4) is 11.5 Å². The number of hydrogen-bond acceptors (Lipinski definition) is 5. The van der Waals surface area contributed by atoms with Gasteiger partial charge in [0, 0.05) is 5.56 Å². The molecule has 2 aromatic rings. The van der Waals surface area contributed by atoms with E-state index < -0.39 is 6.61 Å². The zero-order valence-electron chi connectivity index (χ0n) is 14.9. The molecule has 0 aliphatic heterocycles. The molecule has 27 heavy (non-hydrogen) atoms. The van der Waals surface area contributed by atoms with Gasteiger partial charge < -0.3 is 19.6 Å². The first-order valence-electron chi connectivity index (χ1n) is 8.12. The van der Waals surface area contributed by atoms with Crippen LogP contribution in [-0.4, -0.2) is 32.4 Å². The smallest absolute Gasteiger partial charge is 0.387 e. The molecule has 0 aliphatic rings. The highest BCUT2D eigenvalue weighted by atomic mass is 19.3. The average molecular weight is 378 g/mol. The fourth-order valence-corrected chi connectivity index (χ4v) is 2.26. The lowest BCUT2D eigenvalue weighted by atomic mass is 10.1. The Morgan fingerprint density at radius 2 is 1.93 bits per heavy atom. The first kappa shape index (κ1) is 20.2. The highest BCUT2D eigenvalue weighted by Crippen LogP contribution is 2.28. The zero-order valence-corrected chi connectivity index (χ0v) is 14.9. The van der Waals surface area contributed by atoms with Gasteiger partial charge in [0.15, 0.2) is 18.1 Å². The largest absolute Gasteiger partial charge is 0.493 e. The van der Waals surface area contributed by atoms with Gasteiger partial charge in [-0.05, 0) is 30.7 Å². The highest BCUT2D eigenvalue weighted by Gasteiger charge is 2.11. The Bertz CT molecular complexity index is 770. The minimum Gasteiger partial charge on any atom is -0.493 e. The summed E-state index contributed by atoms with van der Waals surface area (Å²) in [4.78, 5) is 16.8. The van der Waals surface area contributed by atoms with Crippen molar-refractivity contribution in [3.05, 3.63) is 59.7 Å². The predicted octanol–water partition coefficient (Wildman–Crippen LogP) is 3.52. The zero-order chi connectivity index (χ0) is 19.6. The van der Waals surface area contributed by atoms with Gasteiger partial charge in [-0.1, -0.05) is 35.5 Å². The number of ether oxygens (including phenoxy) is 2. The third-order valence-corrected chi connectivity index (χ3v) is 3.55. The molecule has 0 saturated heterocycles. The Balaban J connectivity index is 1.84. The fourth-order valence-electron chi connectivity index (χ4n) is 2.26. The summed E-state index contributed by atoms with van der Waals surface area (Å²) in [5.41, 5.74) is 1.51. The Hall–Kier alpha value is -3.16. The number of halogens is 2. The van der Waals surface area contributed by atoms with Gasteiger partial charge >= 0.3 is 6.61 Å². The van der Waals surface area contributed by atoms with Gasteiger partial charge in [-0.25, -0.2) is 0 Å². The second-order valence-electron chi connectivity index (χ2n) is 5.50. The first-order chi connectivity index (χ1) is 13.0. The number of oxime groups is 1. The molecular weight excluding hydrogens is 358 g/mol. The lowest BCUT2D eigenvalue weighted by Crippen LogP contribution is -2.29. The number of benzene rings is 2. The van der Waals surface area contributed by atoms with Gasteiger partial charge in [0.2, 0.25) is 0 Å². The highest BCUT2D eigenvalue weighted by molar-refractivity contribution is 5.81. The van der Waals surface area contributed by atoms with Crippen LogP contribution < -0.4 is 14.8 Å². The third kappa shape index (κ3) is 6.58. The molecule has 0 fully saturated rings. The normalized spacial score (nSPS) is 12.0. The number of alkyl halides is 2. The summed E-state index contributed by atoms with van der Waals surface area (Å²) in [7, 11) is 1.34. The average Bonchev–Trinajstić information content (AvgIpc) is 2.66. The van der Waals surface area contributed by atoms with Gasteiger partial charge in [0.25, 0.3) is 5.91 Å². The molecule has 2 aromatic carbocycles. The topological polar surface area (TPSA) is 69.2 Å². The Morgan fingerprint density at radius 1 is 1.19 bits per heavy atom. The second kappa shape index (κ2) is 10.1. The van der Waals surface area contributed by atoms with Crippen LogP contribution in [-0.2, 0) is 9.63 Å². The molecule has 0 aliphatic carbocycles. The van der Waals surface area contributed by atoms with Crippen LogP contribution in [0.5, 0.6) is 11.5 Å². The number of carbonyl (C=O) groups excluding carboxylic acids is 1. The van der Waals surface area contributed by atoms with Crippen LogP contribution in [0.2, 0.25) is 0 Å². The molecule has 0 spiro atoms. The summed E-state index contributed by atoms with van der Waals surface area (Å²) in [6, 6.07) is 13.7. The molecule has 0 bridgehead atoms. The third-order valence-electron chi connectivity index (χ3n) is 3.55. The molecule has 144 valence electrons. The molecule has 8 heteroatoms. The number of hydrogen-bond donors (Lipinski definition) is 1. The maximum atomic E-state index is 12.3. The van der Waals surface area contributed by atoms with Gasteiger partial charge in [0.05, 0.1) is 19.4 Å². The number of rotatable bonds is 9. The van der Waals surface area contributed by atoms with Gasteiger partial charge in [0.1, 0.15) is 0 Å². The van der Waals surface area contributed by atoms with E-state index in [0.717, 1.165) is 5.56 Å².